The lowest BCUT2D eigenvalue weighted by molar-refractivity contribution is -0.123. The van der Waals surface area contributed by atoms with Gasteiger partial charge in [0.1, 0.15) is 12.0 Å². The minimum absolute atomic E-state index is 0.0272. The number of tetrazole rings is 1. The normalized spacial score (nSPS) is 25.4. The molecule has 35 heavy (non-hydrogen) atoms. The zero-order valence-corrected chi connectivity index (χ0v) is 20.0. The van der Waals surface area contributed by atoms with E-state index in [1.807, 2.05) is 4.90 Å². The second kappa shape index (κ2) is 12.4. The first-order valence-electron chi connectivity index (χ1n) is 11.6. The SMILES string of the molecule is CN(C)C[C@H]1[C@H]2C[C@H](CN(C(=O)c3cc(-n4cnnn4)n[nH]3)C2)[C@@H]2CCCCN21.O=CO.O=CO. The highest BCUT2D eigenvalue weighted by Gasteiger charge is 2.48. The van der Waals surface area contributed by atoms with Gasteiger partial charge < -0.3 is 20.0 Å². The fraction of sp³-hybridized carbons (Fsp3) is 0.667. The Morgan fingerprint density at radius 2 is 1.91 bits per heavy atom. The van der Waals surface area contributed by atoms with Crippen LogP contribution in [0.4, 0.5) is 0 Å². The monoisotopic (exact) mass is 491 g/mol. The van der Waals surface area contributed by atoms with E-state index in [0.717, 1.165) is 19.6 Å². The number of nitrogens with one attached hydrogen (secondary N) is 1. The lowest BCUT2D eigenvalue weighted by Gasteiger charge is -2.57. The van der Waals surface area contributed by atoms with Gasteiger partial charge in [0.25, 0.3) is 18.9 Å². The average molecular weight is 492 g/mol. The predicted octanol–water partition coefficient (Wildman–Crippen LogP) is -0.336. The highest BCUT2D eigenvalue weighted by Crippen LogP contribution is 2.41. The van der Waals surface area contributed by atoms with E-state index in [9.17, 15) is 4.79 Å². The van der Waals surface area contributed by atoms with Crippen molar-refractivity contribution in [1.29, 1.82) is 0 Å². The number of H-pyrrole nitrogens is 1. The molecule has 0 unspecified atom stereocenters. The average Bonchev–Trinajstić information content (AvgIpc) is 3.54. The number of likely N-dealkylation sites (N-methyl/N-ethyl adjacent to an activating group) is 1. The number of fused-ring (bicyclic) bond motifs is 4. The molecule has 3 N–H and O–H groups in total. The van der Waals surface area contributed by atoms with Gasteiger partial charge in [-0.2, -0.15) is 9.78 Å². The van der Waals surface area contributed by atoms with Crippen LogP contribution in [0.15, 0.2) is 12.4 Å². The standard InChI is InChI=1S/C19H29N9O.2CH2O2/c1-25(2)11-17-14-7-13(16-5-3-4-6-27(16)17)9-26(10-14)19(29)15-8-18(22-21-15)28-12-20-23-24-28;2*2-1-3/h8,12-14,16-17H,3-7,9-11H2,1-2H3,(H,21,22);2*1H,(H,2,3)/t13-,14+,16+,17+;;/m1../s1. The molecule has 2 aromatic heterocycles. The van der Waals surface area contributed by atoms with Crippen molar-refractivity contribution in [3.05, 3.63) is 18.1 Å². The predicted molar refractivity (Wildman–Crippen MR) is 123 cm³/mol. The Hall–Kier alpha value is -3.39. The molecule has 3 aliphatic heterocycles. The highest BCUT2D eigenvalue weighted by molar-refractivity contribution is 5.92. The van der Waals surface area contributed by atoms with E-state index in [-0.39, 0.29) is 18.9 Å². The first-order chi connectivity index (χ1) is 16.9. The van der Waals surface area contributed by atoms with E-state index in [1.165, 1.54) is 43.2 Å². The summed E-state index contributed by atoms with van der Waals surface area (Å²) >= 11 is 0. The number of hydrogen-bond donors (Lipinski definition) is 3. The third-order valence-corrected chi connectivity index (χ3v) is 6.84. The van der Waals surface area contributed by atoms with Gasteiger partial charge in [0.05, 0.1) is 0 Å². The number of carbonyl (C=O) groups excluding carboxylic acids is 1. The van der Waals surface area contributed by atoms with Crippen LogP contribution in [-0.4, -0.2) is 127 Å². The summed E-state index contributed by atoms with van der Waals surface area (Å²) in [6.45, 7) is 3.42. The molecule has 3 saturated heterocycles. The molecule has 192 valence electrons. The molecular weight excluding hydrogens is 458 g/mol. The first kappa shape index (κ1) is 26.2. The van der Waals surface area contributed by atoms with E-state index in [1.54, 1.807) is 6.07 Å². The molecule has 0 radical (unpaired) electrons. The fourth-order valence-electron chi connectivity index (χ4n) is 5.67. The van der Waals surface area contributed by atoms with E-state index in [2.05, 4.69) is 49.6 Å². The van der Waals surface area contributed by atoms with Crippen LogP contribution in [0.5, 0.6) is 0 Å². The Kier molecular flexibility index (Phi) is 9.25. The molecule has 3 aliphatic rings. The maximum absolute atomic E-state index is 13.3. The van der Waals surface area contributed by atoms with Crippen molar-refractivity contribution in [3.8, 4) is 5.82 Å². The number of aromatic amines is 1. The highest BCUT2D eigenvalue weighted by atomic mass is 16.3. The van der Waals surface area contributed by atoms with Crippen LogP contribution < -0.4 is 0 Å². The maximum atomic E-state index is 13.3. The van der Waals surface area contributed by atoms with Crippen molar-refractivity contribution in [2.24, 2.45) is 11.8 Å². The zero-order valence-electron chi connectivity index (χ0n) is 20.0. The van der Waals surface area contributed by atoms with Gasteiger partial charge in [-0.15, -0.1) is 5.10 Å². The van der Waals surface area contributed by atoms with Gasteiger partial charge in [-0.05, 0) is 62.2 Å². The molecule has 14 nitrogen and oxygen atoms in total. The van der Waals surface area contributed by atoms with Gasteiger partial charge in [-0.25, -0.2) is 0 Å². The largest absolute Gasteiger partial charge is 0.483 e. The van der Waals surface area contributed by atoms with Gasteiger partial charge in [0, 0.05) is 37.8 Å². The van der Waals surface area contributed by atoms with Gasteiger partial charge in [-0.3, -0.25) is 24.4 Å². The van der Waals surface area contributed by atoms with Gasteiger partial charge in [-0.1, -0.05) is 6.42 Å². The Morgan fingerprint density at radius 3 is 2.57 bits per heavy atom. The van der Waals surface area contributed by atoms with E-state index >= 15 is 0 Å². The number of nitrogens with zero attached hydrogens (tertiary/aromatic N) is 8. The summed E-state index contributed by atoms with van der Waals surface area (Å²) in [6, 6.07) is 2.87. The molecule has 0 aliphatic carbocycles. The van der Waals surface area contributed by atoms with Crippen LogP contribution in [0.1, 0.15) is 36.2 Å². The number of hydrogen-bond acceptors (Lipinski definition) is 9. The van der Waals surface area contributed by atoms with Crippen LogP contribution in [0.25, 0.3) is 5.82 Å². The van der Waals surface area contributed by atoms with Gasteiger partial charge in [0.15, 0.2) is 5.82 Å². The van der Waals surface area contributed by atoms with Crippen LogP contribution in [-0.2, 0) is 9.59 Å². The second-order valence-electron chi connectivity index (χ2n) is 9.20. The quantitative estimate of drug-likeness (QED) is 0.478. The van der Waals surface area contributed by atoms with Crippen molar-refractivity contribution in [1.82, 2.24) is 45.1 Å². The van der Waals surface area contributed by atoms with Crippen molar-refractivity contribution >= 4 is 18.9 Å². The first-order valence-corrected chi connectivity index (χ1v) is 11.6. The Balaban J connectivity index is 0.000000520. The summed E-state index contributed by atoms with van der Waals surface area (Å²) < 4.78 is 1.45. The Labute approximate surface area is 202 Å². The lowest BCUT2D eigenvalue weighted by Crippen LogP contribution is -2.65. The van der Waals surface area contributed by atoms with E-state index in [4.69, 9.17) is 19.8 Å². The summed E-state index contributed by atoms with van der Waals surface area (Å²) in [6.07, 6.45) is 6.58. The third-order valence-electron chi connectivity index (χ3n) is 6.84. The van der Waals surface area contributed by atoms with Crippen LogP contribution in [0.2, 0.25) is 0 Å². The maximum Gasteiger partial charge on any atom is 0.290 e. The second-order valence-corrected chi connectivity index (χ2v) is 9.20. The molecule has 0 aromatic carbocycles. The fourth-order valence-corrected chi connectivity index (χ4v) is 5.67. The number of piperidine rings is 3. The lowest BCUT2D eigenvalue weighted by atomic mass is 9.72. The Bertz CT molecular complexity index is 945. The zero-order chi connectivity index (χ0) is 25.4. The Morgan fingerprint density at radius 1 is 1.20 bits per heavy atom. The number of aromatic nitrogens is 6. The van der Waals surface area contributed by atoms with Gasteiger partial charge >= 0.3 is 0 Å². The summed E-state index contributed by atoms with van der Waals surface area (Å²) in [4.78, 5) is 37.1. The molecular formula is C21H33N9O5. The number of carboxylic acid groups (broad SMARTS) is 2. The molecule has 5 heterocycles. The van der Waals surface area contributed by atoms with Crippen LogP contribution >= 0.6 is 0 Å². The molecule has 2 aromatic rings. The summed E-state index contributed by atoms with van der Waals surface area (Å²) in [7, 11) is 4.31. The number of amides is 1. The number of rotatable bonds is 4. The molecule has 0 saturated carbocycles. The van der Waals surface area contributed by atoms with Gasteiger partial charge in [0.2, 0.25) is 0 Å². The minimum Gasteiger partial charge on any atom is -0.483 e. The molecule has 1 amide bonds. The topological polar surface area (TPSA) is 174 Å². The van der Waals surface area contributed by atoms with Crippen molar-refractivity contribution in [2.45, 2.75) is 37.8 Å². The third kappa shape index (κ3) is 6.19. The molecule has 2 bridgehead atoms. The van der Waals surface area contributed by atoms with Crippen LogP contribution in [0.3, 0.4) is 0 Å². The molecule has 0 spiro atoms. The molecule has 14 heteroatoms. The van der Waals surface area contributed by atoms with Crippen LogP contribution in [0, 0.1) is 11.8 Å². The molecule has 4 atom stereocenters. The minimum atomic E-state index is -0.250. The smallest absolute Gasteiger partial charge is 0.290 e. The number of likely N-dealkylation sites (tertiary alicyclic amines) is 1. The van der Waals surface area contributed by atoms with Crippen molar-refractivity contribution < 1.29 is 24.6 Å². The van der Waals surface area contributed by atoms with Crippen molar-refractivity contribution in [2.75, 3.05) is 40.3 Å². The van der Waals surface area contributed by atoms with E-state index < -0.39 is 0 Å². The molecule has 5 rings (SSSR count). The number of carbonyl (C=O) groups is 3. The van der Waals surface area contributed by atoms with Crippen molar-refractivity contribution in [3.63, 3.8) is 0 Å². The summed E-state index contributed by atoms with van der Waals surface area (Å²) in [5, 5.41) is 31.9. The summed E-state index contributed by atoms with van der Waals surface area (Å²) in [5.74, 6) is 1.65. The molecule has 3 fully saturated rings. The van der Waals surface area contributed by atoms with E-state index in [0.29, 0.717) is 35.4 Å². The summed E-state index contributed by atoms with van der Waals surface area (Å²) in [5.41, 5.74) is 0.500.